The Kier molecular flexibility index (Phi) is 3.94. The highest BCUT2D eigenvalue weighted by Crippen LogP contribution is 2.28. The number of benzene rings is 2. The molecule has 1 nitrogen and oxygen atoms in total. The molecular formula is C19H18ClN. The van der Waals surface area contributed by atoms with Crippen molar-refractivity contribution in [1.82, 2.24) is 4.98 Å². The number of halogens is 1. The molecule has 0 unspecified atom stereocenters. The molecule has 106 valence electrons. The Labute approximate surface area is 130 Å². The highest BCUT2D eigenvalue weighted by atomic mass is 35.5. The van der Waals surface area contributed by atoms with Crippen LogP contribution < -0.4 is 0 Å². The van der Waals surface area contributed by atoms with E-state index in [0.29, 0.717) is 11.1 Å². The summed E-state index contributed by atoms with van der Waals surface area (Å²) in [6, 6.07) is 19.0. The molecule has 0 saturated heterocycles. The smallest absolute Gasteiger partial charge is 0.133 e. The molecule has 0 N–H and O–H groups in total. The Balaban J connectivity index is 2.10. The second-order valence-electron chi connectivity index (χ2n) is 5.67. The molecule has 0 aliphatic carbocycles. The predicted octanol–water partition coefficient (Wildman–Crippen LogP) is 5.60. The van der Waals surface area contributed by atoms with E-state index in [1.807, 2.05) is 6.07 Å². The summed E-state index contributed by atoms with van der Waals surface area (Å²) >= 11 is 6.36. The Bertz CT molecular complexity index is 763. The minimum atomic E-state index is 0.382. The molecule has 1 aromatic heterocycles. The van der Waals surface area contributed by atoms with Crippen LogP contribution in [-0.4, -0.2) is 4.98 Å². The van der Waals surface area contributed by atoms with Gasteiger partial charge < -0.3 is 0 Å². The minimum Gasteiger partial charge on any atom is -0.236 e. The van der Waals surface area contributed by atoms with Crippen LogP contribution in [0.5, 0.6) is 0 Å². The lowest BCUT2D eigenvalue weighted by Gasteiger charge is -2.12. The van der Waals surface area contributed by atoms with E-state index in [1.54, 1.807) is 0 Å². The summed E-state index contributed by atoms with van der Waals surface area (Å²) in [5, 5.41) is 1.79. The molecule has 0 atom stereocenters. The average molecular weight is 296 g/mol. The van der Waals surface area contributed by atoms with E-state index in [9.17, 15) is 0 Å². The van der Waals surface area contributed by atoms with Gasteiger partial charge in [-0.2, -0.15) is 0 Å². The van der Waals surface area contributed by atoms with E-state index >= 15 is 0 Å². The molecule has 0 amide bonds. The van der Waals surface area contributed by atoms with Gasteiger partial charge in [0.15, 0.2) is 0 Å². The Morgan fingerprint density at radius 2 is 1.76 bits per heavy atom. The van der Waals surface area contributed by atoms with Crippen molar-refractivity contribution in [3.63, 3.8) is 0 Å². The minimum absolute atomic E-state index is 0.382. The van der Waals surface area contributed by atoms with Gasteiger partial charge in [0.25, 0.3) is 0 Å². The monoisotopic (exact) mass is 295 g/mol. The molecule has 0 aliphatic rings. The maximum absolute atomic E-state index is 6.36. The fourth-order valence-corrected chi connectivity index (χ4v) is 2.97. The summed E-state index contributed by atoms with van der Waals surface area (Å²) < 4.78 is 0. The van der Waals surface area contributed by atoms with Crippen LogP contribution in [0.1, 0.15) is 36.5 Å². The van der Waals surface area contributed by atoms with Crippen molar-refractivity contribution in [2.75, 3.05) is 0 Å². The van der Waals surface area contributed by atoms with Gasteiger partial charge in [-0.15, -0.1) is 0 Å². The third-order valence-corrected chi connectivity index (χ3v) is 4.07. The third kappa shape index (κ3) is 2.93. The highest BCUT2D eigenvalue weighted by Gasteiger charge is 2.11. The Morgan fingerprint density at radius 3 is 2.48 bits per heavy atom. The molecule has 0 radical (unpaired) electrons. The molecule has 21 heavy (non-hydrogen) atoms. The van der Waals surface area contributed by atoms with Crippen LogP contribution in [-0.2, 0) is 6.42 Å². The van der Waals surface area contributed by atoms with Crippen molar-refractivity contribution < 1.29 is 0 Å². The Morgan fingerprint density at radius 1 is 1.00 bits per heavy atom. The molecular weight excluding hydrogens is 278 g/mol. The topological polar surface area (TPSA) is 12.9 Å². The molecule has 0 saturated carbocycles. The van der Waals surface area contributed by atoms with Crippen LogP contribution in [0.3, 0.4) is 0 Å². The first-order valence-corrected chi connectivity index (χ1v) is 7.65. The largest absolute Gasteiger partial charge is 0.236 e. The first kappa shape index (κ1) is 14.1. The van der Waals surface area contributed by atoms with Crippen molar-refractivity contribution in [2.24, 2.45) is 0 Å². The van der Waals surface area contributed by atoms with E-state index in [0.717, 1.165) is 22.9 Å². The second kappa shape index (κ2) is 5.87. The number of hydrogen-bond acceptors (Lipinski definition) is 1. The predicted molar refractivity (Wildman–Crippen MR) is 90.1 cm³/mol. The van der Waals surface area contributed by atoms with E-state index in [-0.39, 0.29) is 0 Å². The lowest BCUT2D eigenvalue weighted by molar-refractivity contribution is 0.862. The summed E-state index contributed by atoms with van der Waals surface area (Å²) in [5.41, 5.74) is 4.63. The number of aromatic nitrogens is 1. The average Bonchev–Trinajstić information content (AvgIpc) is 2.48. The van der Waals surface area contributed by atoms with Gasteiger partial charge in [-0.1, -0.05) is 74.0 Å². The maximum atomic E-state index is 6.36. The summed E-state index contributed by atoms with van der Waals surface area (Å²) in [6.07, 6.45) is 0.878. The number of fused-ring (bicyclic) bond motifs is 1. The van der Waals surface area contributed by atoms with Crippen molar-refractivity contribution in [1.29, 1.82) is 0 Å². The first-order valence-electron chi connectivity index (χ1n) is 7.27. The zero-order valence-electron chi connectivity index (χ0n) is 12.3. The van der Waals surface area contributed by atoms with Crippen LogP contribution in [0.2, 0.25) is 5.15 Å². The van der Waals surface area contributed by atoms with Crippen molar-refractivity contribution in [3.05, 3.63) is 76.4 Å². The van der Waals surface area contributed by atoms with Gasteiger partial charge in [-0.05, 0) is 35.1 Å². The van der Waals surface area contributed by atoms with Crippen LogP contribution in [0.15, 0.2) is 54.6 Å². The molecule has 2 heteroatoms. The van der Waals surface area contributed by atoms with E-state index < -0.39 is 0 Å². The van der Waals surface area contributed by atoms with Gasteiger partial charge in [-0.25, -0.2) is 4.98 Å². The highest BCUT2D eigenvalue weighted by molar-refractivity contribution is 6.30. The van der Waals surface area contributed by atoms with E-state index in [4.69, 9.17) is 11.6 Å². The van der Waals surface area contributed by atoms with Crippen LogP contribution in [0.4, 0.5) is 0 Å². The van der Waals surface area contributed by atoms with Crippen LogP contribution in [0.25, 0.3) is 10.9 Å². The van der Waals surface area contributed by atoms with Gasteiger partial charge in [0.1, 0.15) is 5.15 Å². The maximum Gasteiger partial charge on any atom is 0.133 e. The molecule has 2 aromatic carbocycles. The third-order valence-electron chi connectivity index (χ3n) is 3.77. The lowest BCUT2D eigenvalue weighted by atomic mass is 9.99. The van der Waals surface area contributed by atoms with Gasteiger partial charge in [0.05, 0.1) is 5.52 Å². The zero-order valence-corrected chi connectivity index (χ0v) is 13.1. The molecule has 0 fully saturated rings. The lowest BCUT2D eigenvalue weighted by Crippen LogP contribution is -1.96. The van der Waals surface area contributed by atoms with Crippen molar-refractivity contribution in [2.45, 2.75) is 26.2 Å². The van der Waals surface area contributed by atoms with E-state index in [2.05, 4.69) is 67.4 Å². The van der Waals surface area contributed by atoms with Gasteiger partial charge in [0, 0.05) is 5.39 Å². The molecule has 1 heterocycles. The first-order chi connectivity index (χ1) is 10.1. The van der Waals surface area contributed by atoms with Gasteiger partial charge in [0.2, 0.25) is 0 Å². The number of nitrogens with zero attached hydrogens (tertiary/aromatic N) is 1. The van der Waals surface area contributed by atoms with Gasteiger partial charge >= 0.3 is 0 Å². The molecule has 0 aliphatic heterocycles. The molecule has 0 bridgehead atoms. The normalized spacial score (nSPS) is 11.2. The van der Waals surface area contributed by atoms with Crippen LogP contribution in [0, 0.1) is 0 Å². The molecule has 3 aromatic rings. The fourth-order valence-electron chi connectivity index (χ4n) is 2.62. The van der Waals surface area contributed by atoms with Crippen LogP contribution >= 0.6 is 11.6 Å². The van der Waals surface area contributed by atoms with Crippen molar-refractivity contribution in [3.8, 4) is 0 Å². The fraction of sp³-hybridized carbons (Fsp3) is 0.211. The van der Waals surface area contributed by atoms with Gasteiger partial charge in [-0.3, -0.25) is 0 Å². The van der Waals surface area contributed by atoms with Crippen molar-refractivity contribution >= 4 is 22.5 Å². The summed E-state index contributed by atoms with van der Waals surface area (Å²) in [7, 11) is 0. The second-order valence-corrected chi connectivity index (χ2v) is 6.03. The summed E-state index contributed by atoms with van der Waals surface area (Å²) in [5.74, 6) is 0.382. The summed E-state index contributed by atoms with van der Waals surface area (Å²) in [4.78, 5) is 4.66. The quantitative estimate of drug-likeness (QED) is 0.573. The number of hydrogen-bond donors (Lipinski definition) is 0. The number of rotatable bonds is 3. The number of pyridine rings is 1. The number of para-hydroxylation sites is 1. The standard InChI is InChI=1S/C19H18ClN/c1-13(2)17-12-16-10-6-9-15(18(16)21-19(17)20)11-14-7-4-3-5-8-14/h3-10,12-13H,11H2,1-2H3. The summed E-state index contributed by atoms with van der Waals surface area (Å²) in [6.45, 7) is 4.28. The molecule has 0 spiro atoms. The van der Waals surface area contributed by atoms with E-state index in [1.165, 1.54) is 11.1 Å². The Hall–Kier alpha value is -1.86. The SMILES string of the molecule is CC(C)c1cc2cccc(Cc3ccccc3)c2nc1Cl. The zero-order chi connectivity index (χ0) is 14.8. The molecule has 3 rings (SSSR count).